The third kappa shape index (κ3) is 9.41. The number of nitrogens with zero attached hydrogens (tertiary/aromatic N) is 2. The Hall–Kier alpha value is -1.35. The molecule has 2 rings (SSSR count). The van der Waals surface area contributed by atoms with E-state index in [0.29, 0.717) is 25.6 Å². The van der Waals surface area contributed by atoms with Crippen LogP contribution in [-0.4, -0.2) is 56.2 Å². The van der Waals surface area contributed by atoms with Crippen molar-refractivity contribution in [3.8, 4) is 0 Å². The van der Waals surface area contributed by atoms with Gasteiger partial charge in [-0.1, -0.05) is 30.3 Å². The number of nitrogens with one attached hydrogen (secondary N) is 2. The summed E-state index contributed by atoms with van der Waals surface area (Å²) < 4.78 is 4.93. The van der Waals surface area contributed by atoms with Gasteiger partial charge in [0.15, 0.2) is 5.96 Å². The van der Waals surface area contributed by atoms with E-state index in [9.17, 15) is 4.79 Å². The van der Waals surface area contributed by atoms with Crippen molar-refractivity contribution in [1.29, 1.82) is 0 Å². The summed E-state index contributed by atoms with van der Waals surface area (Å²) in [7, 11) is 1.78. The minimum absolute atomic E-state index is 0. The standard InChI is InChI=1S/C20H32N4O2.HI/c1-3-26-19(25)10-7-13-22-20(21-2)23-18-11-14-24(15-12-18)16-17-8-5-4-6-9-17;/h4-6,8-9,18H,3,7,10-16H2,1-2H3,(H2,21,22,23);1H. The van der Waals surface area contributed by atoms with Gasteiger partial charge in [0.25, 0.3) is 0 Å². The summed E-state index contributed by atoms with van der Waals surface area (Å²) in [6.07, 6.45) is 3.40. The van der Waals surface area contributed by atoms with Crippen LogP contribution >= 0.6 is 24.0 Å². The predicted molar refractivity (Wildman–Crippen MR) is 121 cm³/mol. The van der Waals surface area contributed by atoms with Crippen molar-refractivity contribution in [3.05, 3.63) is 35.9 Å². The van der Waals surface area contributed by atoms with Gasteiger partial charge in [0.1, 0.15) is 0 Å². The summed E-state index contributed by atoms with van der Waals surface area (Å²) in [5.41, 5.74) is 1.37. The lowest BCUT2D eigenvalue weighted by molar-refractivity contribution is -0.143. The number of benzene rings is 1. The highest BCUT2D eigenvalue weighted by molar-refractivity contribution is 14.0. The molecule has 0 atom stereocenters. The Morgan fingerprint density at radius 2 is 1.96 bits per heavy atom. The summed E-state index contributed by atoms with van der Waals surface area (Å²) in [6.45, 7) is 6.18. The third-order valence-electron chi connectivity index (χ3n) is 4.56. The molecule has 1 aliphatic heterocycles. The molecule has 0 aliphatic carbocycles. The first-order chi connectivity index (χ1) is 12.7. The molecule has 7 heteroatoms. The van der Waals surface area contributed by atoms with Gasteiger partial charge in [0.2, 0.25) is 0 Å². The lowest BCUT2D eigenvalue weighted by Gasteiger charge is -2.33. The number of rotatable bonds is 8. The van der Waals surface area contributed by atoms with E-state index >= 15 is 0 Å². The van der Waals surface area contributed by atoms with Crippen LogP contribution in [0.3, 0.4) is 0 Å². The van der Waals surface area contributed by atoms with Crippen molar-refractivity contribution >= 4 is 35.9 Å². The van der Waals surface area contributed by atoms with Crippen LogP contribution in [0.15, 0.2) is 35.3 Å². The van der Waals surface area contributed by atoms with Gasteiger partial charge >= 0.3 is 5.97 Å². The molecular formula is C20H33IN4O2. The average molecular weight is 488 g/mol. The molecule has 0 aromatic heterocycles. The fourth-order valence-electron chi connectivity index (χ4n) is 3.14. The van der Waals surface area contributed by atoms with Gasteiger partial charge in [-0.05, 0) is 31.7 Å². The van der Waals surface area contributed by atoms with Gasteiger partial charge in [-0.2, -0.15) is 0 Å². The van der Waals surface area contributed by atoms with Gasteiger partial charge < -0.3 is 15.4 Å². The third-order valence-corrected chi connectivity index (χ3v) is 4.56. The number of carbonyl (C=O) groups is 1. The van der Waals surface area contributed by atoms with E-state index in [4.69, 9.17) is 4.74 Å². The summed E-state index contributed by atoms with van der Waals surface area (Å²) in [5, 5.41) is 6.78. The van der Waals surface area contributed by atoms with Crippen LogP contribution in [0, 0.1) is 0 Å². The smallest absolute Gasteiger partial charge is 0.305 e. The molecule has 1 aliphatic rings. The number of likely N-dealkylation sites (tertiary alicyclic amines) is 1. The molecule has 0 bridgehead atoms. The Balaban J connectivity index is 0.00000364. The van der Waals surface area contributed by atoms with E-state index in [1.807, 2.05) is 6.92 Å². The van der Waals surface area contributed by atoms with E-state index in [-0.39, 0.29) is 29.9 Å². The van der Waals surface area contributed by atoms with Gasteiger partial charge in [0.05, 0.1) is 6.61 Å². The number of guanidine groups is 1. The fourth-order valence-corrected chi connectivity index (χ4v) is 3.14. The molecule has 0 saturated carbocycles. The molecule has 1 aromatic carbocycles. The number of ether oxygens (including phenoxy) is 1. The van der Waals surface area contributed by atoms with Crippen LogP contribution in [0.1, 0.15) is 38.2 Å². The topological polar surface area (TPSA) is 66.0 Å². The first-order valence-electron chi connectivity index (χ1n) is 9.60. The normalized spacial score (nSPS) is 15.7. The molecule has 0 radical (unpaired) electrons. The molecule has 2 N–H and O–H groups in total. The maximum absolute atomic E-state index is 11.3. The largest absolute Gasteiger partial charge is 0.466 e. The Labute approximate surface area is 180 Å². The molecule has 1 fully saturated rings. The summed E-state index contributed by atoms with van der Waals surface area (Å²) in [6, 6.07) is 11.1. The Morgan fingerprint density at radius 1 is 1.26 bits per heavy atom. The van der Waals surface area contributed by atoms with E-state index < -0.39 is 0 Å². The minimum Gasteiger partial charge on any atom is -0.466 e. The minimum atomic E-state index is -0.136. The van der Waals surface area contributed by atoms with E-state index in [2.05, 4.69) is 50.9 Å². The molecule has 152 valence electrons. The van der Waals surface area contributed by atoms with Crippen molar-refractivity contribution < 1.29 is 9.53 Å². The van der Waals surface area contributed by atoms with Gasteiger partial charge in [0, 0.05) is 45.7 Å². The van der Waals surface area contributed by atoms with Crippen molar-refractivity contribution in [1.82, 2.24) is 15.5 Å². The maximum atomic E-state index is 11.3. The number of hydrogen-bond acceptors (Lipinski definition) is 4. The second kappa shape index (κ2) is 13.8. The zero-order valence-corrected chi connectivity index (χ0v) is 18.8. The molecular weight excluding hydrogens is 455 g/mol. The van der Waals surface area contributed by atoms with Crippen LogP contribution in [0.4, 0.5) is 0 Å². The molecule has 1 aromatic rings. The first-order valence-corrected chi connectivity index (χ1v) is 9.60. The van der Waals surface area contributed by atoms with Gasteiger partial charge in [-0.15, -0.1) is 24.0 Å². The van der Waals surface area contributed by atoms with E-state index in [0.717, 1.165) is 44.9 Å². The molecule has 6 nitrogen and oxygen atoms in total. The van der Waals surface area contributed by atoms with Gasteiger partial charge in [-0.25, -0.2) is 0 Å². The second-order valence-corrected chi connectivity index (χ2v) is 6.59. The van der Waals surface area contributed by atoms with Crippen molar-refractivity contribution in [2.24, 2.45) is 4.99 Å². The van der Waals surface area contributed by atoms with E-state index in [1.54, 1.807) is 7.05 Å². The lowest BCUT2D eigenvalue weighted by atomic mass is 10.0. The van der Waals surface area contributed by atoms with Crippen LogP contribution in [0.2, 0.25) is 0 Å². The Kier molecular flexibility index (Phi) is 12.1. The maximum Gasteiger partial charge on any atom is 0.305 e. The molecule has 1 heterocycles. The van der Waals surface area contributed by atoms with Crippen molar-refractivity contribution in [3.63, 3.8) is 0 Å². The highest BCUT2D eigenvalue weighted by Crippen LogP contribution is 2.13. The van der Waals surface area contributed by atoms with Crippen LogP contribution in [-0.2, 0) is 16.1 Å². The number of piperidine rings is 1. The average Bonchev–Trinajstić information content (AvgIpc) is 2.66. The quantitative estimate of drug-likeness (QED) is 0.194. The first kappa shape index (κ1) is 23.7. The van der Waals surface area contributed by atoms with Crippen LogP contribution < -0.4 is 10.6 Å². The zero-order chi connectivity index (χ0) is 18.6. The number of carbonyl (C=O) groups excluding carboxylic acids is 1. The monoisotopic (exact) mass is 488 g/mol. The molecule has 27 heavy (non-hydrogen) atoms. The number of halogens is 1. The fraction of sp³-hybridized carbons (Fsp3) is 0.600. The predicted octanol–water partition coefficient (Wildman–Crippen LogP) is 2.78. The van der Waals surface area contributed by atoms with Crippen LogP contribution in [0.25, 0.3) is 0 Å². The number of esters is 1. The highest BCUT2D eigenvalue weighted by Gasteiger charge is 2.19. The molecule has 0 unspecified atom stereocenters. The van der Waals surface area contributed by atoms with Crippen LogP contribution in [0.5, 0.6) is 0 Å². The zero-order valence-electron chi connectivity index (χ0n) is 16.4. The molecule has 0 spiro atoms. The van der Waals surface area contributed by atoms with E-state index in [1.165, 1.54) is 5.56 Å². The van der Waals surface area contributed by atoms with Crippen molar-refractivity contribution in [2.75, 3.05) is 33.3 Å². The van der Waals surface area contributed by atoms with Gasteiger partial charge in [-0.3, -0.25) is 14.7 Å². The number of aliphatic imine (C=N–C) groups is 1. The Morgan fingerprint density at radius 3 is 2.59 bits per heavy atom. The summed E-state index contributed by atoms with van der Waals surface area (Å²) >= 11 is 0. The number of hydrogen-bond donors (Lipinski definition) is 2. The second-order valence-electron chi connectivity index (χ2n) is 6.59. The molecule has 0 amide bonds. The lowest BCUT2D eigenvalue weighted by Crippen LogP contribution is -2.48. The molecule has 1 saturated heterocycles. The SMILES string of the molecule is CCOC(=O)CCCNC(=NC)NC1CCN(Cc2ccccc2)CC1.I. The van der Waals surface area contributed by atoms with Crippen molar-refractivity contribution in [2.45, 2.75) is 45.2 Å². The highest BCUT2D eigenvalue weighted by atomic mass is 127. The summed E-state index contributed by atoms with van der Waals surface area (Å²) in [5.74, 6) is 0.679. The summed E-state index contributed by atoms with van der Waals surface area (Å²) in [4.78, 5) is 18.1. The Bertz CT molecular complexity index is 560.